The molecule has 1 heterocycles. The fraction of sp³-hybridized carbons (Fsp3) is 0.286. The second-order valence-corrected chi connectivity index (χ2v) is 5.41. The molecule has 0 aliphatic carbocycles. The summed E-state index contributed by atoms with van der Waals surface area (Å²) in [6.45, 7) is 3.57. The normalized spacial score (nSPS) is 10.7. The SMILES string of the molecule is CCSc1n(-c2ccccc2)c(=O)c(C)c([O-])[n+]1C. The van der Waals surface area contributed by atoms with E-state index in [1.807, 2.05) is 37.3 Å². The highest BCUT2D eigenvalue weighted by atomic mass is 32.2. The maximum Gasteiger partial charge on any atom is 0.345 e. The third-order valence-corrected chi connectivity index (χ3v) is 3.92. The molecular formula is C14H16N2O2S. The number of nitrogens with zero attached hydrogens (tertiary/aromatic N) is 2. The highest BCUT2D eigenvalue weighted by Gasteiger charge is 2.21. The minimum Gasteiger partial charge on any atom is -0.842 e. The first-order chi connectivity index (χ1) is 9.07. The van der Waals surface area contributed by atoms with Crippen LogP contribution in [-0.2, 0) is 7.05 Å². The van der Waals surface area contributed by atoms with Crippen molar-refractivity contribution in [2.24, 2.45) is 7.05 Å². The van der Waals surface area contributed by atoms with Crippen molar-refractivity contribution < 1.29 is 9.67 Å². The zero-order valence-electron chi connectivity index (χ0n) is 11.2. The number of benzene rings is 1. The number of para-hydroxylation sites is 1. The lowest BCUT2D eigenvalue weighted by molar-refractivity contribution is -0.752. The van der Waals surface area contributed by atoms with Gasteiger partial charge in [0.05, 0.1) is 18.5 Å². The Labute approximate surface area is 116 Å². The van der Waals surface area contributed by atoms with Crippen LogP contribution in [0.1, 0.15) is 12.5 Å². The first-order valence-electron chi connectivity index (χ1n) is 6.08. The van der Waals surface area contributed by atoms with Gasteiger partial charge in [-0.2, -0.15) is 4.57 Å². The Balaban J connectivity index is 2.82. The predicted molar refractivity (Wildman–Crippen MR) is 73.8 cm³/mol. The van der Waals surface area contributed by atoms with Gasteiger partial charge in [0.15, 0.2) is 0 Å². The van der Waals surface area contributed by atoms with Crippen molar-refractivity contribution in [3.63, 3.8) is 0 Å². The quantitative estimate of drug-likeness (QED) is 0.480. The molecule has 5 heteroatoms. The molecule has 0 saturated carbocycles. The van der Waals surface area contributed by atoms with E-state index in [1.54, 1.807) is 18.5 Å². The van der Waals surface area contributed by atoms with E-state index >= 15 is 0 Å². The van der Waals surface area contributed by atoms with Gasteiger partial charge < -0.3 is 5.11 Å². The third kappa shape index (κ3) is 2.38. The summed E-state index contributed by atoms with van der Waals surface area (Å²) in [5, 5.41) is 12.7. The Hall–Kier alpha value is -1.75. The molecular weight excluding hydrogens is 260 g/mol. The van der Waals surface area contributed by atoms with Gasteiger partial charge in [-0.1, -0.05) is 25.1 Å². The number of rotatable bonds is 3. The van der Waals surface area contributed by atoms with Crippen LogP contribution in [0, 0.1) is 6.92 Å². The average molecular weight is 276 g/mol. The van der Waals surface area contributed by atoms with Gasteiger partial charge in [-0.05, 0) is 30.8 Å². The molecule has 0 aliphatic heterocycles. The molecule has 19 heavy (non-hydrogen) atoms. The molecule has 100 valence electrons. The van der Waals surface area contributed by atoms with Crippen LogP contribution in [0.3, 0.4) is 0 Å². The second-order valence-electron chi connectivity index (χ2n) is 4.18. The van der Waals surface area contributed by atoms with E-state index in [0.29, 0.717) is 5.16 Å². The summed E-state index contributed by atoms with van der Waals surface area (Å²) in [4.78, 5) is 12.4. The fourth-order valence-corrected chi connectivity index (χ4v) is 2.78. The van der Waals surface area contributed by atoms with E-state index in [2.05, 4.69) is 0 Å². The minimum atomic E-state index is -0.245. The summed E-state index contributed by atoms with van der Waals surface area (Å²) >= 11 is 1.49. The van der Waals surface area contributed by atoms with Crippen LogP contribution in [0.15, 0.2) is 40.3 Å². The smallest absolute Gasteiger partial charge is 0.345 e. The summed E-state index contributed by atoms with van der Waals surface area (Å²) in [5.74, 6) is 0.566. The standard InChI is InChI=1S/C14H16N2O2S/c1-4-19-14-15(3)12(17)10(2)13(18)16(14)11-8-6-5-7-9-11/h5-9H,4H2,1-3H3. The van der Waals surface area contributed by atoms with Gasteiger partial charge in [-0.25, -0.2) is 9.36 Å². The molecule has 2 aromatic rings. The lowest BCUT2D eigenvalue weighted by Crippen LogP contribution is -2.44. The van der Waals surface area contributed by atoms with Crippen LogP contribution in [0.25, 0.3) is 5.69 Å². The van der Waals surface area contributed by atoms with Crippen LogP contribution in [0.4, 0.5) is 0 Å². The number of hydrogen-bond acceptors (Lipinski definition) is 3. The maximum absolute atomic E-state index is 12.4. The van der Waals surface area contributed by atoms with Crippen LogP contribution < -0.4 is 15.2 Å². The highest BCUT2D eigenvalue weighted by molar-refractivity contribution is 7.99. The van der Waals surface area contributed by atoms with Crippen molar-refractivity contribution in [2.45, 2.75) is 19.0 Å². The summed E-state index contributed by atoms with van der Waals surface area (Å²) in [5.41, 5.74) is 0.777. The summed E-state index contributed by atoms with van der Waals surface area (Å²) in [7, 11) is 1.70. The molecule has 0 bridgehead atoms. The van der Waals surface area contributed by atoms with E-state index in [4.69, 9.17) is 0 Å². The van der Waals surface area contributed by atoms with Gasteiger partial charge in [0.1, 0.15) is 5.69 Å². The van der Waals surface area contributed by atoms with Gasteiger partial charge in [0.2, 0.25) is 0 Å². The molecule has 0 fully saturated rings. The molecule has 2 rings (SSSR count). The van der Waals surface area contributed by atoms with Gasteiger partial charge in [0.25, 0.3) is 0 Å². The maximum atomic E-state index is 12.4. The largest absolute Gasteiger partial charge is 0.842 e. The number of aromatic nitrogens is 2. The molecule has 0 saturated heterocycles. The Morgan fingerprint density at radius 2 is 1.95 bits per heavy atom. The van der Waals surface area contributed by atoms with E-state index in [-0.39, 0.29) is 17.0 Å². The summed E-state index contributed by atoms with van der Waals surface area (Å²) < 4.78 is 3.14. The molecule has 1 aromatic heterocycles. The van der Waals surface area contributed by atoms with Crippen LogP contribution in [0.5, 0.6) is 5.88 Å². The molecule has 0 radical (unpaired) electrons. The molecule has 0 N–H and O–H groups in total. The molecule has 0 atom stereocenters. The number of thioether (sulfide) groups is 1. The van der Waals surface area contributed by atoms with Crippen molar-refractivity contribution >= 4 is 11.8 Å². The first-order valence-corrected chi connectivity index (χ1v) is 7.07. The second kappa shape index (κ2) is 5.48. The van der Waals surface area contributed by atoms with Crippen molar-refractivity contribution in [1.29, 1.82) is 0 Å². The zero-order chi connectivity index (χ0) is 14.0. The van der Waals surface area contributed by atoms with Crippen molar-refractivity contribution in [3.8, 4) is 11.6 Å². The summed E-state index contributed by atoms with van der Waals surface area (Å²) in [6.07, 6.45) is 0. The van der Waals surface area contributed by atoms with Gasteiger partial charge in [-0.3, -0.25) is 0 Å². The van der Waals surface area contributed by atoms with Crippen molar-refractivity contribution in [1.82, 2.24) is 4.57 Å². The fourth-order valence-electron chi connectivity index (χ4n) is 1.93. The molecule has 1 aromatic carbocycles. The van der Waals surface area contributed by atoms with Crippen molar-refractivity contribution in [3.05, 3.63) is 46.2 Å². The Bertz CT molecular complexity index is 651. The lowest BCUT2D eigenvalue weighted by atomic mass is 10.3. The third-order valence-electron chi connectivity index (χ3n) is 2.92. The van der Waals surface area contributed by atoms with Crippen LogP contribution in [-0.4, -0.2) is 10.3 Å². The van der Waals surface area contributed by atoms with E-state index in [0.717, 1.165) is 11.4 Å². The first kappa shape index (κ1) is 13.7. The van der Waals surface area contributed by atoms with E-state index in [1.165, 1.54) is 16.3 Å². The van der Waals surface area contributed by atoms with Crippen LogP contribution >= 0.6 is 11.8 Å². The Morgan fingerprint density at radius 1 is 1.32 bits per heavy atom. The zero-order valence-corrected chi connectivity index (χ0v) is 12.0. The molecule has 0 spiro atoms. The molecule has 0 amide bonds. The molecule has 0 aliphatic rings. The van der Waals surface area contributed by atoms with E-state index in [9.17, 15) is 9.90 Å². The number of hydrogen-bond donors (Lipinski definition) is 0. The van der Waals surface area contributed by atoms with Crippen LogP contribution in [0.2, 0.25) is 0 Å². The molecule has 4 nitrogen and oxygen atoms in total. The Kier molecular flexibility index (Phi) is 3.95. The Morgan fingerprint density at radius 3 is 2.53 bits per heavy atom. The molecule has 0 unspecified atom stereocenters. The van der Waals surface area contributed by atoms with E-state index < -0.39 is 0 Å². The monoisotopic (exact) mass is 276 g/mol. The average Bonchev–Trinajstić information content (AvgIpc) is 2.44. The predicted octanol–water partition coefficient (Wildman–Crippen LogP) is 1.16. The summed E-state index contributed by atoms with van der Waals surface area (Å²) in [6, 6.07) is 9.39. The van der Waals surface area contributed by atoms with Crippen molar-refractivity contribution in [2.75, 3.05) is 5.75 Å². The van der Waals surface area contributed by atoms with Gasteiger partial charge in [0, 0.05) is 5.75 Å². The highest BCUT2D eigenvalue weighted by Crippen LogP contribution is 2.18. The van der Waals surface area contributed by atoms with Gasteiger partial charge in [-0.15, -0.1) is 0 Å². The minimum absolute atomic E-state index is 0.229. The van der Waals surface area contributed by atoms with Gasteiger partial charge >= 0.3 is 10.7 Å². The topological polar surface area (TPSA) is 48.9 Å². The lowest BCUT2D eigenvalue weighted by Gasteiger charge is -2.15.